The number of carbonyl (C=O) groups is 3. The summed E-state index contributed by atoms with van der Waals surface area (Å²) >= 11 is 0. The van der Waals surface area contributed by atoms with E-state index in [2.05, 4.69) is 0 Å². The Bertz CT molecular complexity index is 784. The molecule has 0 radical (unpaired) electrons. The number of hydrogen-bond acceptors (Lipinski definition) is 7. The van der Waals surface area contributed by atoms with Gasteiger partial charge in [0.2, 0.25) is 17.3 Å². The summed E-state index contributed by atoms with van der Waals surface area (Å²) in [7, 11) is 0. The van der Waals surface area contributed by atoms with E-state index < -0.39 is 51.3 Å². The molecule has 0 heterocycles. The first-order valence-electron chi connectivity index (χ1n) is 6.81. The molecular weight excluding hydrogens is 304 g/mol. The number of hydrogen-bond donors (Lipinski definition) is 4. The third-order valence-corrected chi connectivity index (χ3v) is 3.37. The lowest BCUT2D eigenvalue weighted by molar-refractivity contribution is -0.114. The molecule has 0 saturated heterocycles. The Labute approximate surface area is 130 Å². The van der Waals surface area contributed by atoms with Gasteiger partial charge in [-0.15, -0.1) is 0 Å². The van der Waals surface area contributed by atoms with Crippen molar-refractivity contribution in [3.8, 4) is 17.2 Å². The number of rotatable bonds is 4. The Hall–Kier alpha value is -3.09. The van der Waals surface area contributed by atoms with Crippen molar-refractivity contribution in [2.45, 2.75) is 19.8 Å². The van der Waals surface area contributed by atoms with E-state index in [1.165, 1.54) is 0 Å². The Morgan fingerprint density at radius 1 is 1.09 bits per heavy atom. The highest BCUT2D eigenvalue weighted by molar-refractivity contribution is 6.53. The van der Waals surface area contributed by atoms with Crippen LogP contribution in [0.5, 0.6) is 17.2 Å². The van der Waals surface area contributed by atoms with Crippen LogP contribution in [0.3, 0.4) is 0 Å². The van der Waals surface area contributed by atoms with Gasteiger partial charge in [0.25, 0.3) is 0 Å². The third kappa shape index (κ3) is 2.68. The topological polar surface area (TPSA) is 132 Å². The van der Waals surface area contributed by atoms with Gasteiger partial charge in [-0.3, -0.25) is 14.4 Å². The Morgan fingerprint density at radius 3 is 2.35 bits per heavy atom. The predicted molar refractivity (Wildman–Crippen MR) is 79.4 cm³/mol. The summed E-state index contributed by atoms with van der Waals surface area (Å²) in [5.41, 5.74) is -1.36. The lowest BCUT2D eigenvalue weighted by atomic mass is 9.87. The van der Waals surface area contributed by atoms with E-state index in [9.17, 15) is 34.8 Å². The molecule has 23 heavy (non-hydrogen) atoms. The van der Waals surface area contributed by atoms with Crippen molar-refractivity contribution < 1.29 is 34.8 Å². The lowest BCUT2D eigenvalue weighted by Gasteiger charge is -2.18. The number of carbonyl (C=O) groups excluding carboxylic acids is 3. The highest BCUT2D eigenvalue weighted by atomic mass is 16.3. The third-order valence-electron chi connectivity index (χ3n) is 3.37. The summed E-state index contributed by atoms with van der Waals surface area (Å²) in [6.07, 6.45) is 2.89. The van der Waals surface area contributed by atoms with Crippen LogP contribution in [0, 0.1) is 0 Å². The van der Waals surface area contributed by atoms with Crippen LogP contribution in [0.15, 0.2) is 23.8 Å². The maximum absolute atomic E-state index is 12.0. The molecule has 0 aliphatic heterocycles. The maximum atomic E-state index is 12.0. The number of aliphatic hydroxyl groups is 1. The van der Waals surface area contributed by atoms with Crippen molar-refractivity contribution in [1.29, 1.82) is 0 Å². The second kappa shape index (κ2) is 5.96. The first kappa shape index (κ1) is 16.3. The molecule has 1 aromatic carbocycles. The van der Waals surface area contributed by atoms with Gasteiger partial charge < -0.3 is 20.4 Å². The fourth-order valence-electron chi connectivity index (χ4n) is 2.21. The molecular formula is C16H14O7. The Morgan fingerprint density at radius 2 is 1.74 bits per heavy atom. The van der Waals surface area contributed by atoms with Crippen molar-refractivity contribution in [2.24, 2.45) is 0 Å². The molecule has 0 saturated carbocycles. The number of phenols is 3. The number of ketones is 3. The van der Waals surface area contributed by atoms with E-state index in [1.54, 1.807) is 6.92 Å². The van der Waals surface area contributed by atoms with E-state index in [1.807, 2.05) is 0 Å². The zero-order chi connectivity index (χ0) is 17.3. The molecule has 1 aliphatic rings. The van der Waals surface area contributed by atoms with Crippen LogP contribution < -0.4 is 0 Å². The predicted octanol–water partition coefficient (Wildman–Crippen LogP) is 1.76. The van der Waals surface area contributed by atoms with Gasteiger partial charge in [-0.1, -0.05) is 6.92 Å². The van der Waals surface area contributed by atoms with Crippen LogP contribution in [0.1, 0.15) is 35.7 Å². The summed E-state index contributed by atoms with van der Waals surface area (Å²) < 4.78 is 0. The zero-order valence-electron chi connectivity index (χ0n) is 12.2. The van der Waals surface area contributed by atoms with Crippen LogP contribution in [-0.2, 0) is 9.59 Å². The number of benzene rings is 1. The molecule has 0 unspecified atom stereocenters. The van der Waals surface area contributed by atoms with Crippen molar-refractivity contribution in [3.63, 3.8) is 0 Å². The summed E-state index contributed by atoms with van der Waals surface area (Å²) in [5.74, 6) is -5.86. The molecule has 2 rings (SSSR count). The number of phenolic OH excluding ortho intramolecular Hbond substituents is 3. The molecule has 1 aliphatic carbocycles. The van der Waals surface area contributed by atoms with E-state index in [0.29, 0.717) is 6.42 Å². The molecule has 7 heteroatoms. The summed E-state index contributed by atoms with van der Waals surface area (Å²) in [4.78, 5) is 35.5. The molecule has 0 amide bonds. The van der Waals surface area contributed by atoms with Crippen LogP contribution >= 0.6 is 0 Å². The number of allylic oxidation sites excluding steroid dienone is 3. The van der Waals surface area contributed by atoms with Crippen LogP contribution in [0.4, 0.5) is 0 Å². The first-order chi connectivity index (χ1) is 10.8. The minimum atomic E-state index is -1.08. The van der Waals surface area contributed by atoms with Crippen LogP contribution in [-0.4, -0.2) is 37.8 Å². The molecule has 1 aromatic rings. The van der Waals surface area contributed by atoms with E-state index in [0.717, 1.165) is 18.2 Å². The van der Waals surface area contributed by atoms with Crippen LogP contribution in [0.25, 0.3) is 5.76 Å². The second-order valence-electron chi connectivity index (χ2n) is 4.99. The van der Waals surface area contributed by atoms with Gasteiger partial charge in [-0.05, 0) is 24.6 Å². The van der Waals surface area contributed by atoms with E-state index in [4.69, 9.17) is 0 Å². The van der Waals surface area contributed by atoms with E-state index in [-0.39, 0.29) is 12.2 Å². The Balaban J connectivity index is 2.63. The Kier molecular flexibility index (Phi) is 4.22. The molecule has 0 atom stereocenters. The minimum Gasteiger partial charge on any atom is -0.506 e. The second-order valence-corrected chi connectivity index (χ2v) is 4.99. The molecule has 120 valence electrons. The van der Waals surface area contributed by atoms with E-state index >= 15 is 0 Å². The number of fused-ring (bicyclic) bond motifs is 1. The smallest absolute Gasteiger partial charge is 0.237 e. The van der Waals surface area contributed by atoms with Crippen molar-refractivity contribution in [3.05, 3.63) is 34.9 Å². The number of aliphatic hydroxyl groups excluding tert-OH is 1. The van der Waals surface area contributed by atoms with Gasteiger partial charge in [0.05, 0.1) is 11.1 Å². The lowest BCUT2D eigenvalue weighted by Crippen LogP contribution is -2.23. The van der Waals surface area contributed by atoms with Gasteiger partial charge in [0.1, 0.15) is 5.76 Å². The standard InChI is InChI=1S/C16H14O7/c1-2-3-7(17)4-5-8-12(19)11-9(14(21)13(8)20)6-10(18)15(22)16(11)23/h4-6,18-19,22-23H,2-3H2,1H3/b5-4+. The van der Waals surface area contributed by atoms with Crippen molar-refractivity contribution >= 4 is 23.1 Å². The quantitative estimate of drug-likeness (QED) is 0.378. The molecule has 0 fully saturated rings. The highest BCUT2D eigenvalue weighted by Crippen LogP contribution is 2.44. The summed E-state index contributed by atoms with van der Waals surface area (Å²) in [6.45, 7) is 1.79. The number of Topliss-reactive ketones (excluding diaryl/α,β-unsaturated/α-hetero) is 2. The van der Waals surface area contributed by atoms with Gasteiger partial charge in [-0.25, -0.2) is 0 Å². The fraction of sp³-hybridized carbons (Fsp3) is 0.188. The largest absolute Gasteiger partial charge is 0.506 e. The fourth-order valence-corrected chi connectivity index (χ4v) is 2.21. The molecule has 7 nitrogen and oxygen atoms in total. The van der Waals surface area contributed by atoms with Gasteiger partial charge >= 0.3 is 0 Å². The summed E-state index contributed by atoms with van der Waals surface area (Å²) in [5, 5.41) is 38.9. The normalized spacial score (nSPS) is 14.5. The highest BCUT2D eigenvalue weighted by Gasteiger charge is 2.35. The number of aromatic hydroxyl groups is 3. The molecule has 0 spiro atoms. The van der Waals surface area contributed by atoms with Crippen molar-refractivity contribution in [2.75, 3.05) is 0 Å². The first-order valence-corrected chi connectivity index (χ1v) is 6.81. The monoisotopic (exact) mass is 318 g/mol. The zero-order valence-corrected chi connectivity index (χ0v) is 12.2. The molecule has 4 N–H and O–H groups in total. The van der Waals surface area contributed by atoms with Crippen molar-refractivity contribution in [1.82, 2.24) is 0 Å². The minimum absolute atomic E-state index is 0.239. The average molecular weight is 318 g/mol. The SMILES string of the molecule is CCCC(=O)/C=C/C1=C(O)c2c(cc(O)c(O)c2O)C(=O)C1=O. The summed E-state index contributed by atoms with van der Waals surface area (Å²) in [6, 6.07) is 0.781. The molecule has 0 bridgehead atoms. The van der Waals surface area contributed by atoms with Gasteiger partial charge in [0, 0.05) is 12.0 Å². The van der Waals surface area contributed by atoms with Crippen LogP contribution in [0.2, 0.25) is 0 Å². The van der Waals surface area contributed by atoms with Gasteiger partial charge in [-0.2, -0.15) is 0 Å². The molecule has 0 aromatic heterocycles. The van der Waals surface area contributed by atoms with Gasteiger partial charge in [0.15, 0.2) is 17.3 Å². The maximum Gasteiger partial charge on any atom is 0.237 e. The average Bonchev–Trinajstić information content (AvgIpc) is 2.50.